The van der Waals surface area contributed by atoms with Gasteiger partial charge in [0, 0.05) is 30.7 Å². The molecule has 202 valence electrons. The van der Waals surface area contributed by atoms with Crippen molar-refractivity contribution in [2.75, 3.05) is 16.4 Å². The first-order valence-corrected chi connectivity index (χ1v) is 14.4. The summed E-state index contributed by atoms with van der Waals surface area (Å²) in [5, 5.41) is 9.12. The summed E-state index contributed by atoms with van der Waals surface area (Å²) in [6.45, 7) is 0. The Bertz CT molecular complexity index is 1560. The molecule has 0 unspecified atom stereocenters. The highest BCUT2D eigenvalue weighted by molar-refractivity contribution is 9.10. The molecular formula is C30H22BrCl2N3O3S. The predicted octanol–water partition coefficient (Wildman–Crippen LogP) is 7.90. The van der Waals surface area contributed by atoms with Crippen LogP contribution in [0.5, 0.6) is 0 Å². The van der Waals surface area contributed by atoms with Crippen LogP contribution in [0.3, 0.4) is 0 Å². The average molecular weight is 655 g/mol. The van der Waals surface area contributed by atoms with Crippen molar-refractivity contribution in [2.24, 2.45) is 0 Å². The Morgan fingerprint density at radius 2 is 1.52 bits per heavy atom. The first kappa shape index (κ1) is 29.4. The number of amides is 3. The first-order chi connectivity index (χ1) is 19.3. The topological polar surface area (TPSA) is 87.3 Å². The number of rotatable bonds is 9. The van der Waals surface area contributed by atoms with Gasteiger partial charge in [-0.3, -0.25) is 14.4 Å². The van der Waals surface area contributed by atoms with E-state index in [1.807, 2.05) is 24.3 Å². The van der Waals surface area contributed by atoms with Crippen LogP contribution in [0, 0.1) is 0 Å². The van der Waals surface area contributed by atoms with Gasteiger partial charge in [0.25, 0.3) is 11.8 Å². The summed E-state index contributed by atoms with van der Waals surface area (Å²) in [5.41, 5.74) is 2.12. The van der Waals surface area contributed by atoms with E-state index in [1.165, 1.54) is 17.8 Å². The maximum absolute atomic E-state index is 13.2. The zero-order valence-corrected chi connectivity index (χ0v) is 24.7. The number of para-hydroxylation sites is 1. The lowest BCUT2D eigenvalue weighted by atomic mass is 10.1. The molecule has 3 N–H and O–H groups in total. The molecule has 0 aliphatic rings. The second kappa shape index (κ2) is 14.2. The zero-order valence-electron chi connectivity index (χ0n) is 20.8. The summed E-state index contributed by atoms with van der Waals surface area (Å²) in [6.07, 6.45) is 1.49. The van der Waals surface area contributed by atoms with Crippen LogP contribution < -0.4 is 16.0 Å². The van der Waals surface area contributed by atoms with E-state index in [4.69, 9.17) is 23.2 Å². The van der Waals surface area contributed by atoms with E-state index in [1.54, 1.807) is 72.8 Å². The standard InChI is InChI=1S/C30H22BrCl2N3O3S/c31-24-8-4-5-9-26(24)35-28(37)18-40-23-14-12-22(13-15-23)34-30(39)27(16-20-10-11-21(32)17-25(20)33)36-29(38)19-6-2-1-3-7-19/h1-17H,18H2,(H,34,39)(H,35,37)(H,36,38)/b27-16-. The second-order valence-electron chi connectivity index (χ2n) is 8.34. The van der Waals surface area contributed by atoms with Crippen LogP contribution in [-0.2, 0) is 9.59 Å². The van der Waals surface area contributed by atoms with E-state index in [0.717, 1.165) is 9.37 Å². The molecule has 4 aromatic rings. The summed E-state index contributed by atoms with van der Waals surface area (Å²) in [6, 6.07) is 27.8. The molecule has 0 spiro atoms. The second-order valence-corrected chi connectivity index (χ2v) is 11.1. The Hall–Kier alpha value is -3.56. The van der Waals surface area contributed by atoms with E-state index >= 15 is 0 Å². The summed E-state index contributed by atoms with van der Waals surface area (Å²) in [7, 11) is 0. The molecule has 4 aromatic carbocycles. The minimum absolute atomic E-state index is 0.000251. The molecular weight excluding hydrogens is 633 g/mol. The van der Waals surface area contributed by atoms with Crippen LogP contribution in [0.15, 0.2) is 112 Å². The maximum atomic E-state index is 13.2. The van der Waals surface area contributed by atoms with Crippen LogP contribution in [0.1, 0.15) is 15.9 Å². The van der Waals surface area contributed by atoms with Crippen molar-refractivity contribution in [3.8, 4) is 0 Å². The summed E-state index contributed by atoms with van der Waals surface area (Å²) >= 11 is 17.1. The predicted molar refractivity (Wildman–Crippen MR) is 167 cm³/mol. The van der Waals surface area contributed by atoms with Gasteiger partial charge < -0.3 is 16.0 Å². The van der Waals surface area contributed by atoms with Crippen molar-refractivity contribution in [3.63, 3.8) is 0 Å². The number of anilines is 2. The third kappa shape index (κ3) is 8.47. The number of thioether (sulfide) groups is 1. The van der Waals surface area contributed by atoms with Crippen molar-refractivity contribution in [2.45, 2.75) is 4.90 Å². The molecule has 0 saturated heterocycles. The molecule has 0 radical (unpaired) electrons. The molecule has 0 atom stereocenters. The van der Waals surface area contributed by atoms with Crippen molar-refractivity contribution in [3.05, 3.63) is 128 Å². The molecule has 6 nitrogen and oxygen atoms in total. The number of hydrogen-bond acceptors (Lipinski definition) is 4. The smallest absolute Gasteiger partial charge is 0.272 e. The highest BCUT2D eigenvalue weighted by atomic mass is 79.9. The number of halogens is 3. The van der Waals surface area contributed by atoms with Gasteiger partial charge in [0.1, 0.15) is 5.70 Å². The number of carbonyl (C=O) groups is 3. The number of hydrogen-bond donors (Lipinski definition) is 3. The SMILES string of the molecule is O=C(CSc1ccc(NC(=O)/C(=C/c2ccc(Cl)cc2Cl)NC(=O)c2ccccc2)cc1)Nc1ccccc1Br. The van der Waals surface area contributed by atoms with Crippen LogP contribution in [0.4, 0.5) is 11.4 Å². The van der Waals surface area contributed by atoms with Crippen LogP contribution in [0.2, 0.25) is 10.0 Å². The Balaban J connectivity index is 1.43. The quantitative estimate of drug-likeness (QED) is 0.127. The molecule has 10 heteroatoms. The van der Waals surface area contributed by atoms with Crippen molar-refractivity contribution < 1.29 is 14.4 Å². The first-order valence-electron chi connectivity index (χ1n) is 11.9. The molecule has 0 aliphatic heterocycles. The summed E-state index contributed by atoms with van der Waals surface area (Å²) < 4.78 is 0.806. The molecule has 0 heterocycles. The molecule has 4 rings (SSSR count). The molecule has 3 amide bonds. The summed E-state index contributed by atoms with van der Waals surface area (Å²) in [5.74, 6) is -0.907. The Labute approximate surface area is 254 Å². The lowest BCUT2D eigenvalue weighted by Crippen LogP contribution is -2.30. The van der Waals surface area contributed by atoms with Gasteiger partial charge in [-0.25, -0.2) is 0 Å². The van der Waals surface area contributed by atoms with Gasteiger partial charge in [-0.05, 0) is 88.2 Å². The van der Waals surface area contributed by atoms with Crippen molar-refractivity contribution >= 4 is 86.1 Å². The molecule has 0 aromatic heterocycles. The fourth-order valence-electron chi connectivity index (χ4n) is 3.45. The molecule has 0 saturated carbocycles. The average Bonchev–Trinajstić information content (AvgIpc) is 2.95. The lowest BCUT2D eigenvalue weighted by molar-refractivity contribution is -0.114. The van der Waals surface area contributed by atoms with Gasteiger partial charge in [-0.15, -0.1) is 11.8 Å². The van der Waals surface area contributed by atoms with Crippen LogP contribution in [-0.4, -0.2) is 23.5 Å². The minimum atomic E-state index is -0.538. The fraction of sp³-hybridized carbons (Fsp3) is 0.0333. The highest BCUT2D eigenvalue weighted by Crippen LogP contribution is 2.25. The minimum Gasteiger partial charge on any atom is -0.324 e. The Morgan fingerprint density at radius 3 is 2.23 bits per heavy atom. The van der Waals surface area contributed by atoms with Gasteiger partial charge >= 0.3 is 0 Å². The highest BCUT2D eigenvalue weighted by Gasteiger charge is 2.16. The molecule has 0 bridgehead atoms. The normalized spacial score (nSPS) is 11.0. The van der Waals surface area contributed by atoms with E-state index in [0.29, 0.717) is 32.5 Å². The monoisotopic (exact) mass is 653 g/mol. The van der Waals surface area contributed by atoms with Gasteiger partial charge in [-0.2, -0.15) is 0 Å². The molecule has 0 fully saturated rings. The fourth-order valence-corrected chi connectivity index (χ4v) is 4.99. The number of carbonyl (C=O) groups excluding carboxylic acids is 3. The molecule has 40 heavy (non-hydrogen) atoms. The third-order valence-electron chi connectivity index (χ3n) is 5.42. The van der Waals surface area contributed by atoms with Crippen molar-refractivity contribution in [1.29, 1.82) is 0 Å². The zero-order chi connectivity index (χ0) is 28.5. The Morgan fingerprint density at radius 1 is 0.825 bits per heavy atom. The van der Waals surface area contributed by atoms with E-state index < -0.39 is 11.8 Å². The number of benzene rings is 4. The van der Waals surface area contributed by atoms with E-state index in [9.17, 15) is 14.4 Å². The van der Waals surface area contributed by atoms with Gasteiger partial charge in [0.2, 0.25) is 5.91 Å². The third-order valence-corrected chi connectivity index (χ3v) is 7.69. The van der Waals surface area contributed by atoms with E-state index in [-0.39, 0.29) is 17.4 Å². The van der Waals surface area contributed by atoms with Gasteiger partial charge in [0.05, 0.1) is 11.4 Å². The summed E-state index contributed by atoms with van der Waals surface area (Å²) in [4.78, 5) is 39.3. The van der Waals surface area contributed by atoms with E-state index in [2.05, 4.69) is 31.9 Å². The maximum Gasteiger partial charge on any atom is 0.272 e. The van der Waals surface area contributed by atoms with Crippen LogP contribution in [0.25, 0.3) is 6.08 Å². The molecule has 0 aliphatic carbocycles. The van der Waals surface area contributed by atoms with Crippen molar-refractivity contribution in [1.82, 2.24) is 5.32 Å². The van der Waals surface area contributed by atoms with Crippen LogP contribution >= 0.6 is 50.9 Å². The van der Waals surface area contributed by atoms with Gasteiger partial charge in [0.15, 0.2) is 0 Å². The van der Waals surface area contributed by atoms with Gasteiger partial charge in [-0.1, -0.05) is 59.6 Å². The Kier molecular flexibility index (Phi) is 10.4. The largest absolute Gasteiger partial charge is 0.324 e. The number of nitrogens with one attached hydrogen (secondary N) is 3. The lowest BCUT2D eigenvalue weighted by Gasteiger charge is -2.12.